The van der Waals surface area contributed by atoms with Gasteiger partial charge in [0.25, 0.3) is 0 Å². The minimum Gasteiger partial charge on any atom is -0.504 e. The number of phenols is 1. The van der Waals surface area contributed by atoms with Crippen molar-refractivity contribution >= 4 is 22.6 Å². The Bertz CT molecular complexity index is 1270. The molecule has 0 saturated carbocycles. The van der Waals surface area contributed by atoms with Crippen LogP contribution in [0.4, 0.5) is 10.5 Å². The third-order valence-corrected chi connectivity index (χ3v) is 5.48. The second-order valence-corrected chi connectivity index (χ2v) is 7.85. The Balaban J connectivity index is 1.77. The zero-order valence-electron chi connectivity index (χ0n) is 18.8. The van der Waals surface area contributed by atoms with Crippen molar-refractivity contribution in [3.05, 3.63) is 96.1 Å². The molecular weight excluding hydrogens is 416 g/mol. The van der Waals surface area contributed by atoms with Gasteiger partial charge in [0, 0.05) is 5.56 Å². The number of methoxy groups -OCH3 is 1. The molecule has 2 N–H and O–H groups in total. The number of aromatic hydroxyl groups is 1. The number of nitrogens with zero attached hydrogens (tertiary/aromatic N) is 1. The van der Waals surface area contributed by atoms with E-state index in [1.165, 1.54) is 7.11 Å². The zero-order valence-corrected chi connectivity index (χ0v) is 18.8. The van der Waals surface area contributed by atoms with Crippen LogP contribution in [0.2, 0.25) is 0 Å². The summed E-state index contributed by atoms with van der Waals surface area (Å²) in [6.07, 6.45) is -0.725. The van der Waals surface area contributed by atoms with Gasteiger partial charge in [0.15, 0.2) is 11.5 Å². The van der Waals surface area contributed by atoms with E-state index < -0.39 is 6.09 Å². The molecule has 168 valence electrons. The van der Waals surface area contributed by atoms with Gasteiger partial charge in [-0.2, -0.15) is 0 Å². The lowest BCUT2D eigenvalue weighted by Gasteiger charge is -2.28. The number of carbonyl (C=O) groups excluding carboxylic acids is 1. The molecule has 0 heterocycles. The Hall–Kier alpha value is -4.03. The van der Waals surface area contributed by atoms with Crippen LogP contribution in [0.3, 0.4) is 0 Å². The van der Waals surface area contributed by atoms with Crippen molar-refractivity contribution in [2.24, 2.45) is 0 Å². The Morgan fingerprint density at radius 2 is 1.58 bits per heavy atom. The monoisotopic (exact) mass is 442 g/mol. The number of ether oxygens (including phenoxy) is 2. The van der Waals surface area contributed by atoms with E-state index >= 15 is 0 Å². The Morgan fingerprint density at radius 3 is 2.30 bits per heavy atom. The summed E-state index contributed by atoms with van der Waals surface area (Å²) < 4.78 is 10.9. The molecule has 0 bridgehead atoms. The fourth-order valence-corrected chi connectivity index (χ4v) is 4.03. The van der Waals surface area contributed by atoms with Gasteiger partial charge in [-0.25, -0.2) is 4.79 Å². The molecule has 0 radical (unpaired) electrons. The largest absolute Gasteiger partial charge is 0.504 e. The number of benzene rings is 4. The molecule has 4 aromatic carbocycles. The number of hydrogen-bond acceptors (Lipinski definition) is 5. The van der Waals surface area contributed by atoms with Crippen LogP contribution in [0.25, 0.3) is 10.8 Å². The summed E-state index contributed by atoms with van der Waals surface area (Å²) in [6.45, 7) is 0. The molecule has 0 fully saturated rings. The van der Waals surface area contributed by atoms with Crippen LogP contribution in [0.15, 0.2) is 84.9 Å². The third kappa shape index (κ3) is 4.61. The summed E-state index contributed by atoms with van der Waals surface area (Å²) in [4.78, 5) is 14.7. The first-order chi connectivity index (χ1) is 16.0. The number of hydrogen-bond donors (Lipinski definition) is 2. The minimum atomic E-state index is -0.725. The van der Waals surface area contributed by atoms with Crippen LogP contribution in [0.1, 0.15) is 17.2 Å². The Labute approximate surface area is 193 Å². The van der Waals surface area contributed by atoms with E-state index in [0.717, 1.165) is 16.3 Å². The van der Waals surface area contributed by atoms with E-state index in [2.05, 4.69) is 5.32 Å². The molecule has 6 heteroatoms. The highest BCUT2D eigenvalue weighted by atomic mass is 16.6. The quantitative estimate of drug-likeness (QED) is 0.394. The lowest BCUT2D eigenvalue weighted by Crippen LogP contribution is -2.22. The van der Waals surface area contributed by atoms with Gasteiger partial charge >= 0.3 is 6.09 Å². The van der Waals surface area contributed by atoms with Gasteiger partial charge in [-0.3, -0.25) is 10.2 Å². The number of carbonyl (C=O) groups is 1. The standard InChI is InChI=1S/C27H26N2O4/c1-29(2)25(18-11-5-4-6-12-18)24-20-14-8-7-13-19(20)17-23(26(24)30)33-27(31)28-21-15-9-10-16-22(21)32-3/h4-17,25,30H,1-3H3,(H,28,31). The van der Waals surface area contributed by atoms with E-state index in [9.17, 15) is 9.90 Å². The van der Waals surface area contributed by atoms with Gasteiger partial charge in [-0.05, 0) is 48.6 Å². The van der Waals surface area contributed by atoms with Gasteiger partial charge in [-0.15, -0.1) is 0 Å². The van der Waals surface area contributed by atoms with Crippen molar-refractivity contribution in [2.45, 2.75) is 6.04 Å². The molecule has 1 atom stereocenters. The highest BCUT2D eigenvalue weighted by Gasteiger charge is 2.26. The topological polar surface area (TPSA) is 71.0 Å². The SMILES string of the molecule is COc1ccccc1NC(=O)Oc1cc2ccccc2c(C(c2ccccc2)N(C)C)c1O. The number of rotatable bonds is 6. The Morgan fingerprint density at radius 1 is 0.909 bits per heavy atom. The number of amides is 1. The molecule has 1 unspecified atom stereocenters. The smallest absolute Gasteiger partial charge is 0.417 e. The fourth-order valence-electron chi connectivity index (χ4n) is 4.03. The first-order valence-electron chi connectivity index (χ1n) is 10.6. The molecule has 33 heavy (non-hydrogen) atoms. The summed E-state index contributed by atoms with van der Waals surface area (Å²) in [5, 5.41) is 15.7. The van der Waals surface area contributed by atoms with Crippen LogP contribution in [0.5, 0.6) is 17.2 Å². The highest BCUT2D eigenvalue weighted by molar-refractivity contribution is 5.93. The fraction of sp³-hybridized carbons (Fsp3) is 0.148. The van der Waals surface area contributed by atoms with E-state index in [4.69, 9.17) is 9.47 Å². The molecule has 0 aromatic heterocycles. The van der Waals surface area contributed by atoms with E-state index in [1.54, 1.807) is 24.3 Å². The average molecular weight is 443 g/mol. The number of para-hydroxylation sites is 2. The van der Waals surface area contributed by atoms with E-state index in [-0.39, 0.29) is 17.5 Å². The molecular formula is C27H26N2O4. The maximum Gasteiger partial charge on any atom is 0.417 e. The first kappa shape index (κ1) is 22.2. The summed E-state index contributed by atoms with van der Waals surface area (Å²) >= 11 is 0. The van der Waals surface area contributed by atoms with Crippen molar-refractivity contribution in [3.8, 4) is 17.2 Å². The molecule has 0 aliphatic heterocycles. The number of fused-ring (bicyclic) bond motifs is 1. The predicted molar refractivity (Wildman–Crippen MR) is 130 cm³/mol. The van der Waals surface area contributed by atoms with Crippen LogP contribution in [0, 0.1) is 0 Å². The van der Waals surface area contributed by atoms with Crippen LogP contribution < -0.4 is 14.8 Å². The summed E-state index contributed by atoms with van der Waals surface area (Å²) in [5.74, 6) is 0.514. The molecule has 4 aromatic rings. The maximum atomic E-state index is 12.7. The molecule has 0 aliphatic carbocycles. The molecule has 0 spiro atoms. The van der Waals surface area contributed by atoms with Crippen molar-refractivity contribution in [2.75, 3.05) is 26.5 Å². The molecule has 0 saturated heterocycles. The minimum absolute atomic E-state index is 0.0774. The molecule has 6 nitrogen and oxygen atoms in total. The van der Waals surface area contributed by atoms with Gasteiger partial charge in [-0.1, -0.05) is 66.7 Å². The van der Waals surface area contributed by atoms with E-state index in [1.807, 2.05) is 79.7 Å². The molecule has 1 amide bonds. The summed E-state index contributed by atoms with van der Waals surface area (Å²) in [6, 6.07) is 26.1. The number of anilines is 1. The lowest BCUT2D eigenvalue weighted by molar-refractivity contribution is 0.213. The van der Waals surface area contributed by atoms with Gasteiger partial charge in [0.2, 0.25) is 0 Å². The van der Waals surface area contributed by atoms with Crippen LogP contribution in [-0.2, 0) is 0 Å². The summed E-state index contributed by atoms with van der Waals surface area (Å²) in [7, 11) is 5.43. The van der Waals surface area contributed by atoms with Crippen LogP contribution >= 0.6 is 0 Å². The van der Waals surface area contributed by atoms with Crippen molar-refractivity contribution in [1.82, 2.24) is 4.90 Å². The number of nitrogens with one attached hydrogen (secondary N) is 1. The molecule has 4 rings (SSSR count). The van der Waals surface area contributed by atoms with Crippen molar-refractivity contribution < 1.29 is 19.4 Å². The molecule has 0 aliphatic rings. The van der Waals surface area contributed by atoms with Crippen molar-refractivity contribution in [3.63, 3.8) is 0 Å². The maximum absolute atomic E-state index is 12.7. The van der Waals surface area contributed by atoms with Gasteiger partial charge in [0.05, 0.1) is 18.8 Å². The van der Waals surface area contributed by atoms with Gasteiger partial charge < -0.3 is 14.6 Å². The second kappa shape index (κ2) is 9.63. The highest BCUT2D eigenvalue weighted by Crippen LogP contribution is 2.44. The average Bonchev–Trinajstić information content (AvgIpc) is 2.82. The number of phenolic OH excluding ortho intramolecular Hbond substituents is 1. The normalized spacial score (nSPS) is 11.9. The second-order valence-electron chi connectivity index (χ2n) is 7.85. The zero-order chi connectivity index (χ0) is 23.4. The van der Waals surface area contributed by atoms with Gasteiger partial charge in [0.1, 0.15) is 5.75 Å². The van der Waals surface area contributed by atoms with E-state index in [0.29, 0.717) is 17.0 Å². The van der Waals surface area contributed by atoms with Crippen molar-refractivity contribution in [1.29, 1.82) is 0 Å². The predicted octanol–water partition coefficient (Wildman–Crippen LogP) is 5.82. The van der Waals surface area contributed by atoms with Crippen LogP contribution in [-0.4, -0.2) is 37.3 Å². The summed E-state index contributed by atoms with van der Waals surface area (Å²) in [5.41, 5.74) is 2.16. The Kier molecular flexibility index (Phi) is 6.47. The first-order valence-corrected chi connectivity index (χ1v) is 10.6. The third-order valence-electron chi connectivity index (χ3n) is 5.48. The lowest BCUT2D eigenvalue weighted by atomic mass is 9.91.